The molecule has 0 amide bonds. The molecular formula is C21H15N5O2S2. The summed E-state index contributed by atoms with van der Waals surface area (Å²) < 4.78 is 28.1. The number of nitrogens with one attached hydrogen (secondary N) is 1. The maximum Gasteiger partial charge on any atom is 0.264 e. The van der Waals surface area contributed by atoms with Crippen LogP contribution in [0.2, 0.25) is 0 Å². The van der Waals surface area contributed by atoms with Crippen LogP contribution in [-0.2, 0) is 10.0 Å². The zero-order chi connectivity index (χ0) is 20.7. The van der Waals surface area contributed by atoms with Crippen LogP contribution in [0, 0.1) is 11.3 Å². The number of benzene rings is 2. The van der Waals surface area contributed by atoms with Gasteiger partial charge in [0.15, 0.2) is 0 Å². The number of thioether (sulfide) groups is 1. The number of anilines is 1. The molecule has 0 atom stereocenters. The Hall–Kier alpha value is -3.35. The summed E-state index contributed by atoms with van der Waals surface area (Å²) in [6, 6.07) is 13.9. The number of rotatable bonds is 3. The second-order valence-electron chi connectivity index (χ2n) is 6.77. The second-order valence-corrected chi connectivity index (χ2v) is 9.74. The molecule has 1 aliphatic rings. The van der Waals surface area contributed by atoms with Gasteiger partial charge in [-0.3, -0.25) is 14.4 Å². The van der Waals surface area contributed by atoms with Crippen LogP contribution >= 0.6 is 11.8 Å². The van der Waals surface area contributed by atoms with Crippen LogP contribution in [0.5, 0.6) is 0 Å². The average molecular weight is 434 g/mol. The highest BCUT2D eigenvalue weighted by Gasteiger charge is 2.31. The summed E-state index contributed by atoms with van der Waals surface area (Å²) in [6.45, 7) is 0.353. The van der Waals surface area contributed by atoms with E-state index in [2.05, 4.69) is 15.2 Å². The number of pyridine rings is 1. The molecule has 0 saturated heterocycles. The predicted molar refractivity (Wildman–Crippen MR) is 116 cm³/mol. The minimum Gasteiger partial charge on any atom is -0.278 e. The number of hydrogen-bond acceptors (Lipinski definition) is 6. The lowest BCUT2D eigenvalue weighted by atomic mass is 10.1. The molecule has 9 heteroatoms. The van der Waals surface area contributed by atoms with Gasteiger partial charge in [0.2, 0.25) is 0 Å². The molecule has 0 radical (unpaired) electrons. The molecule has 4 aromatic rings. The van der Waals surface area contributed by atoms with Gasteiger partial charge in [0.1, 0.15) is 0 Å². The molecule has 0 spiro atoms. The summed E-state index contributed by atoms with van der Waals surface area (Å²) in [7, 11) is -3.77. The summed E-state index contributed by atoms with van der Waals surface area (Å²) >= 11 is 1.63. The van der Waals surface area contributed by atoms with Crippen molar-refractivity contribution < 1.29 is 8.42 Å². The topological polar surface area (TPSA) is 103 Å². The van der Waals surface area contributed by atoms with E-state index in [1.165, 1.54) is 28.6 Å². The van der Waals surface area contributed by atoms with Crippen LogP contribution in [0.3, 0.4) is 0 Å². The van der Waals surface area contributed by atoms with E-state index in [-0.39, 0.29) is 4.90 Å². The van der Waals surface area contributed by atoms with Gasteiger partial charge in [-0.05, 0) is 42.0 Å². The number of nitrogens with zero attached hydrogens (tertiary/aromatic N) is 4. The van der Waals surface area contributed by atoms with Crippen LogP contribution in [0.25, 0.3) is 22.0 Å². The lowest BCUT2D eigenvalue weighted by molar-refractivity contribution is 0.591. The Balaban J connectivity index is 1.61. The van der Waals surface area contributed by atoms with Gasteiger partial charge in [-0.15, -0.1) is 11.8 Å². The minimum absolute atomic E-state index is 0.157. The summed E-state index contributed by atoms with van der Waals surface area (Å²) in [4.78, 5) is 5.38. The first-order chi connectivity index (χ1) is 14.6. The zero-order valence-corrected chi connectivity index (χ0v) is 17.2. The lowest BCUT2D eigenvalue weighted by Gasteiger charge is -2.30. The summed E-state index contributed by atoms with van der Waals surface area (Å²) in [5, 5.41) is 16.9. The largest absolute Gasteiger partial charge is 0.278 e. The van der Waals surface area contributed by atoms with E-state index in [9.17, 15) is 8.42 Å². The highest BCUT2D eigenvalue weighted by atomic mass is 32.2. The van der Waals surface area contributed by atoms with Crippen molar-refractivity contribution in [2.24, 2.45) is 0 Å². The average Bonchev–Trinajstić information content (AvgIpc) is 3.26. The van der Waals surface area contributed by atoms with Crippen LogP contribution in [0.1, 0.15) is 5.56 Å². The van der Waals surface area contributed by atoms with Gasteiger partial charge in [-0.1, -0.05) is 6.07 Å². The lowest BCUT2D eigenvalue weighted by Crippen LogP contribution is -2.35. The second kappa shape index (κ2) is 7.16. The number of nitriles is 1. The fourth-order valence-corrected chi connectivity index (χ4v) is 6.26. The third-order valence-electron chi connectivity index (χ3n) is 5.01. The van der Waals surface area contributed by atoms with E-state index in [1.54, 1.807) is 30.4 Å². The number of H-pyrrole nitrogens is 1. The molecule has 1 N–H and O–H groups in total. The van der Waals surface area contributed by atoms with Crippen LogP contribution in [0.15, 0.2) is 70.8 Å². The molecule has 0 bridgehead atoms. The Kier molecular flexibility index (Phi) is 4.46. The number of fused-ring (bicyclic) bond motifs is 2. The van der Waals surface area contributed by atoms with E-state index in [4.69, 9.17) is 5.26 Å². The normalized spacial score (nSPS) is 13.8. The zero-order valence-electron chi connectivity index (χ0n) is 15.6. The summed E-state index contributed by atoms with van der Waals surface area (Å²) in [6.07, 6.45) is 5.13. The molecule has 1 aliphatic heterocycles. The molecular weight excluding hydrogens is 418 g/mol. The molecule has 5 rings (SSSR count). The molecule has 3 heterocycles. The number of aromatic nitrogens is 3. The van der Waals surface area contributed by atoms with Crippen LogP contribution < -0.4 is 4.31 Å². The van der Waals surface area contributed by atoms with Crippen LogP contribution in [-0.4, -0.2) is 35.9 Å². The van der Waals surface area contributed by atoms with E-state index in [1.807, 2.05) is 24.3 Å². The third kappa shape index (κ3) is 3.01. The molecule has 7 nitrogen and oxygen atoms in total. The predicted octanol–water partition coefficient (Wildman–Crippen LogP) is 3.80. The molecule has 2 aromatic carbocycles. The number of hydrogen-bond donors (Lipinski definition) is 1. The van der Waals surface area contributed by atoms with Crippen molar-refractivity contribution in [1.82, 2.24) is 15.2 Å². The van der Waals surface area contributed by atoms with Gasteiger partial charge in [0, 0.05) is 34.3 Å². The van der Waals surface area contributed by atoms with Gasteiger partial charge >= 0.3 is 0 Å². The minimum atomic E-state index is -3.77. The standard InChI is InChI=1S/C21H15N5O2S2/c22-10-14-1-4-17(5-2-14)30(27,28)26-7-8-29-21-18(12-23-13-20(21)26)15-3-6-19-16(9-15)11-24-25-19/h1-6,9,11-13H,7-8H2,(H,24,25). The Morgan fingerprint density at radius 2 is 1.93 bits per heavy atom. The van der Waals surface area contributed by atoms with Crippen molar-refractivity contribution >= 4 is 38.4 Å². The smallest absolute Gasteiger partial charge is 0.264 e. The Morgan fingerprint density at radius 1 is 1.10 bits per heavy atom. The van der Waals surface area contributed by atoms with E-state index in [0.717, 1.165) is 26.9 Å². The van der Waals surface area contributed by atoms with E-state index < -0.39 is 10.0 Å². The summed E-state index contributed by atoms with van der Waals surface area (Å²) in [5.41, 5.74) is 3.77. The Bertz CT molecular complexity index is 1410. The van der Waals surface area contributed by atoms with Crippen molar-refractivity contribution in [1.29, 1.82) is 5.26 Å². The van der Waals surface area contributed by atoms with Gasteiger partial charge in [-0.25, -0.2) is 8.42 Å². The molecule has 0 aliphatic carbocycles. The highest BCUT2D eigenvalue weighted by molar-refractivity contribution is 8.00. The van der Waals surface area contributed by atoms with Crippen molar-refractivity contribution in [3.63, 3.8) is 0 Å². The Labute approximate surface area is 177 Å². The van der Waals surface area contributed by atoms with Crippen molar-refractivity contribution in [2.45, 2.75) is 9.79 Å². The van der Waals surface area contributed by atoms with Crippen molar-refractivity contribution in [2.75, 3.05) is 16.6 Å². The van der Waals surface area contributed by atoms with Crippen molar-refractivity contribution in [3.05, 3.63) is 66.6 Å². The number of aromatic amines is 1. The SMILES string of the molecule is N#Cc1ccc(S(=O)(=O)N2CCSc3c(-c4ccc5[nH]ncc5c4)cncc32)cc1. The van der Waals surface area contributed by atoms with Crippen LogP contribution in [0.4, 0.5) is 5.69 Å². The molecule has 2 aromatic heterocycles. The maximum atomic E-state index is 13.3. The van der Waals surface area contributed by atoms with Gasteiger partial charge < -0.3 is 0 Å². The number of sulfonamides is 1. The first kappa shape index (κ1) is 18.7. The quantitative estimate of drug-likeness (QED) is 0.527. The molecule has 0 saturated carbocycles. The monoisotopic (exact) mass is 433 g/mol. The van der Waals surface area contributed by atoms with Gasteiger partial charge in [-0.2, -0.15) is 10.4 Å². The first-order valence-electron chi connectivity index (χ1n) is 9.15. The van der Waals surface area contributed by atoms with Gasteiger partial charge in [0.25, 0.3) is 10.0 Å². The van der Waals surface area contributed by atoms with E-state index >= 15 is 0 Å². The van der Waals surface area contributed by atoms with Crippen molar-refractivity contribution in [3.8, 4) is 17.2 Å². The molecule has 0 unspecified atom stereocenters. The highest BCUT2D eigenvalue weighted by Crippen LogP contribution is 2.43. The summed E-state index contributed by atoms with van der Waals surface area (Å²) in [5.74, 6) is 0.632. The molecule has 30 heavy (non-hydrogen) atoms. The fraction of sp³-hybridized carbons (Fsp3) is 0.0952. The van der Waals surface area contributed by atoms with E-state index in [0.29, 0.717) is 23.5 Å². The van der Waals surface area contributed by atoms with Gasteiger partial charge in [0.05, 0.1) is 40.1 Å². The molecule has 148 valence electrons. The first-order valence-corrected chi connectivity index (χ1v) is 11.6. The maximum absolute atomic E-state index is 13.3. The third-order valence-corrected chi connectivity index (χ3v) is 7.94. The Morgan fingerprint density at radius 3 is 2.73 bits per heavy atom. The fourth-order valence-electron chi connectivity index (χ4n) is 3.51. The molecule has 0 fully saturated rings.